The van der Waals surface area contributed by atoms with Crippen molar-refractivity contribution in [1.82, 2.24) is 15.3 Å². The lowest BCUT2D eigenvalue weighted by Crippen LogP contribution is -2.41. The van der Waals surface area contributed by atoms with E-state index in [0.717, 1.165) is 37.0 Å². The molecule has 0 atom stereocenters. The van der Waals surface area contributed by atoms with Crippen molar-refractivity contribution in [1.29, 1.82) is 0 Å². The van der Waals surface area contributed by atoms with Gasteiger partial charge in [-0.3, -0.25) is 0 Å². The SMILES string of the molecule is CCCN(C)c1cc(NC(C)(C)CNC)nc(C)n1. The Labute approximate surface area is 116 Å². The van der Waals surface area contributed by atoms with Crippen molar-refractivity contribution in [3.05, 3.63) is 11.9 Å². The van der Waals surface area contributed by atoms with Crippen LogP contribution in [0.25, 0.3) is 0 Å². The highest BCUT2D eigenvalue weighted by Gasteiger charge is 2.17. The van der Waals surface area contributed by atoms with Crippen LogP contribution in [0.1, 0.15) is 33.0 Å². The Morgan fingerprint density at radius 3 is 2.58 bits per heavy atom. The number of aromatic nitrogens is 2. The van der Waals surface area contributed by atoms with E-state index in [1.54, 1.807) is 0 Å². The van der Waals surface area contributed by atoms with E-state index < -0.39 is 0 Å². The molecule has 1 heterocycles. The lowest BCUT2D eigenvalue weighted by Gasteiger charge is -2.27. The van der Waals surface area contributed by atoms with Crippen molar-refractivity contribution in [2.24, 2.45) is 0 Å². The van der Waals surface area contributed by atoms with Gasteiger partial charge in [-0.2, -0.15) is 0 Å². The van der Waals surface area contributed by atoms with Crippen molar-refractivity contribution >= 4 is 11.6 Å². The van der Waals surface area contributed by atoms with Crippen LogP contribution in [0.5, 0.6) is 0 Å². The molecule has 0 aliphatic carbocycles. The van der Waals surface area contributed by atoms with Gasteiger partial charge in [0.05, 0.1) is 0 Å². The molecule has 1 aromatic rings. The van der Waals surface area contributed by atoms with E-state index in [2.05, 4.69) is 53.3 Å². The van der Waals surface area contributed by atoms with Crippen LogP contribution in [0.3, 0.4) is 0 Å². The summed E-state index contributed by atoms with van der Waals surface area (Å²) in [4.78, 5) is 11.1. The third-order valence-corrected chi connectivity index (χ3v) is 2.86. The summed E-state index contributed by atoms with van der Waals surface area (Å²) in [5, 5.41) is 6.64. The van der Waals surface area contributed by atoms with Gasteiger partial charge in [-0.15, -0.1) is 0 Å². The van der Waals surface area contributed by atoms with Crippen molar-refractivity contribution in [2.75, 3.05) is 37.4 Å². The van der Waals surface area contributed by atoms with E-state index in [0.29, 0.717) is 0 Å². The van der Waals surface area contributed by atoms with Crippen LogP contribution in [0, 0.1) is 6.92 Å². The maximum absolute atomic E-state index is 4.49. The highest BCUT2D eigenvalue weighted by Crippen LogP contribution is 2.18. The second-order valence-electron chi connectivity index (χ2n) is 5.62. The maximum atomic E-state index is 4.49. The second-order valence-corrected chi connectivity index (χ2v) is 5.62. The minimum Gasteiger partial charge on any atom is -0.364 e. The standard InChI is InChI=1S/C14H27N5/c1-7-8-19(6)13-9-12(16-11(2)17-13)18-14(3,4)10-15-5/h9,15H,7-8,10H2,1-6H3,(H,16,17,18). The van der Waals surface area contributed by atoms with E-state index in [9.17, 15) is 0 Å². The lowest BCUT2D eigenvalue weighted by atomic mass is 10.1. The predicted octanol–water partition coefficient (Wildman–Crippen LogP) is 2.04. The van der Waals surface area contributed by atoms with Gasteiger partial charge in [0.2, 0.25) is 0 Å². The van der Waals surface area contributed by atoms with Gasteiger partial charge in [0, 0.05) is 31.7 Å². The number of nitrogens with zero attached hydrogens (tertiary/aromatic N) is 3. The lowest BCUT2D eigenvalue weighted by molar-refractivity contribution is 0.528. The molecular weight excluding hydrogens is 238 g/mol. The second kappa shape index (κ2) is 6.70. The molecule has 0 aliphatic rings. The Balaban J connectivity index is 2.90. The number of rotatable bonds is 7. The number of hydrogen-bond acceptors (Lipinski definition) is 5. The third kappa shape index (κ3) is 5.03. The molecule has 108 valence electrons. The van der Waals surface area contributed by atoms with Crippen LogP contribution < -0.4 is 15.5 Å². The molecule has 0 aromatic carbocycles. The van der Waals surface area contributed by atoms with E-state index in [1.165, 1.54) is 0 Å². The Hall–Kier alpha value is -1.36. The minimum atomic E-state index is -0.0455. The van der Waals surface area contributed by atoms with Crippen LogP contribution in [-0.4, -0.2) is 42.7 Å². The van der Waals surface area contributed by atoms with Gasteiger partial charge in [-0.1, -0.05) is 6.92 Å². The van der Waals surface area contributed by atoms with Crippen LogP contribution in [0.2, 0.25) is 0 Å². The molecule has 5 heteroatoms. The summed E-state index contributed by atoms with van der Waals surface area (Å²) in [7, 11) is 4.02. The zero-order valence-corrected chi connectivity index (χ0v) is 13.0. The summed E-state index contributed by atoms with van der Waals surface area (Å²) in [6.45, 7) is 10.3. The van der Waals surface area contributed by atoms with Gasteiger partial charge >= 0.3 is 0 Å². The molecule has 0 saturated carbocycles. The summed E-state index contributed by atoms with van der Waals surface area (Å²) in [5.74, 6) is 2.64. The summed E-state index contributed by atoms with van der Waals surface area (Å²) in [6.07, 6.45) is 1.10. The molecule has 2 N–H and O–H groups in total. The topological polar surface area (TPSA) is 53.1 Å². The Bertz CT molecular complexity index is 403. The number of likely N-dealkylation sites (N-methyl/N-ethyl adjacent to an activating group) is 1. The molecule has 19 heavy (non-hydrogen) atoms. The van der Waals surface area contributed by atoms with Gasteiger partial charge in [-0.05, 0) is 34.2 Å². The minimum absolute atomic E-state index is 0.0455. The van der Waals surface area contributed by atoms with E-state index in [4.69, 9.17) is 0 Å². The number of nitrogens with one attached hydrogen (secondary N) is 2. The first kappa shape index (κ1) is 15.7. The predicted molar refractivity (Wildman–Crippen MR) is 82.0 cm³/mol. The molecule has 1 aromatic heterocycles. The van der Waals surface area contributed by atoms with Crippen LogP contribution in [-0.2, 0) is 0 Å². The molecule has 0 saturated heterocycles. The monoisotopic (exact) mass is 265 g/mol. The average Bonchev–Trinajstić information content (AvgIpc) is 2.27. The van der Waals surface area contributed by atoms with Crippen molar-refractivity contribution in [3.8, 4) is 0 Å². The Morgan fingerprint density at radius 2 is 2.00 bits per heavy atom. The molecule has 0 unspecified atom stereocenters. The van der Waals surface area contributed by atoms with Gasteiger partial charge in [-0.25, -0.2) is 9.97 Å². The molecule has 1 rings (SSSR count). The first-order valence-corrected chi connectivity index (χ1v) is 6.87. The van der Waals surface area contributed by atoms with E-state index in [1.807, 2.05) is 20.0 Å². The zero-order valence-electron chi connectivity index (χ0n) is 13.0. The summed E-state index contributed by atoms with van der Waals surface area (Å²) < 4.78 is 0. The quantitative estimate of drug-likeness (QED) is 0.790. The highest BCUT2D eigenvalue weighted by molar-refractivity contribution is 5.50. The third-order valence-electron chi connectivity index (χ3n) is 2.86. The van der Waals surface area contributed by atoms with E-state index >= 15 is 0 Å². The van der Waals surface area contributed by atoms with Crippen LogP contribution >= 0.6 is 0 Å². The van der Waals surface area contributed by atoms with E-state index in [-0.39, 0.29) is 5.54 Å². The smallest absolute Gasteiger partial charge is 0.134 e. The fraction of sp³-hybridized carbons (Fsp3) is 0.714. The van der Waals surface area contributed by atoms with Crippen molar-refractivity contribution in [3.63, 3.8) is 0 Å². The molecule has 0 amide bonds. The number of hydrogen-bond donors (Lipinski definition) is 2. The number of aryl methyl sites for hydroxylation is 1. The molecule has 0 radical (unpaired) electrons. The van der Waals surface area contributed by atoms with Crippen molar-refractivity contribution < 1.29 is 0 Å². The first-order valence-electron chi connectivity index (χ1n) is 6.87. The molecular formula is C14H27N5. The molecule has 0 spiro atoms. The molecule has 0 bridgehead atoms. The fourth-order valence-corrected chi connectivity index (χ4v) is 2.09. The first-order chi connectivity index (χ1) is 8.88. The zero-order chi connectivity index (χ0) is 14.5. The molecule has 0 fully saturated rings. The maximum Gasteiger partial charge on any atom is 0.134 e. The molecule has 5 nitrogen and oxygen atoms in total. The van der Waals surface area contributed by atoms with Gasteiger partial charge < -0.3 is 15.5 Å². The summed E-state index contributed by atoms with van der Waals surface area (Å²) >= 11 is 0. The Morgan fingerprint density at radius 1 is 1.32 bits per heavy atom. The van der Waals surface area contributed by atoms with Gasteiger partial charge in [0.15, 0.2) is 0 Å². The van der Waals surface area contributed by atoms with Gasteiger partial charge in [0.25, 0.3) is 0 Å². The van der Waals surface area contributed by atoms with Crippen molar-refractivity contribution in [2.45, 2.75) is 39.7 Å². The van der Waals surface area contributed by atoms with Crippen LogP contribution in [0.15, 0.2) is 6.07 Å². The highest BCUT2D eigenvalue weighted by atomic mass is 15.2. The Kier molecular flexibility index (Phi) is 5.54. The van der Waals surface area contributed by atoms with Gasteiger partial charge in [0.1, 0.15) is 17.5 Å². The normalized spacial score (nSPS) is 11.5. The molecule has 0 aliphatic heterocycles. The summed E-state index contributed by atoms with van der Waals surface area (Å²) in [5.41, 5.74) is -0.0455. The average molecular weight is 265 g/mol. The largest absolute Gasteiger partial charge is 0.364 e. The van der Waals surface area contributed by atoms with Crippen LogP contribution in [0.4, 0.5) is 11.6 Å². The summed E-state index contributed by atoms with van der Waals surface area (Å²) in [6, 6.07) is 2.01. The number of anilines is 2. The fourth-order valence-electron chi connectivity index (χ4n) is 2.09.